The van der Waals surface area contributed by atoms with Gasteiger partial charge in [0.15, 0.2) is 0 Å². The topological polar surface area (TPSA) is 64.3 Å². The summed E-state index contributed by atoms with van der Waals surface area (Å²) in [6, 6.07) is 7.27. The Labute approximate surface area is 127 Å². The molecule has 1 amide bonds. The zero-order chi connectivity index (χ0) is 14.9. The van der Waals surface area contributed by atoms with E-state index < -0.39 is 0 Å². The summed E-state index contributed by atoms with van der Waals surface area (Å²) in [6.45, 7) is 1.03. The van der Waals surface area contributed by atoms with Crippen molar-refractivity contribution >= 4 is 11.6 Å². The fourth-order valence-corrected chi connectivity index (χ4v) is 2.82. The predicted molar refractivity (Wildman–Crippen MR) is 85.2 cm³/mol. The minimum atomic E-state index is 0.140. The number of ether oxygens (including phenoxy) is 1. The molecule has 0 aromatic heterocycles. The lowest BCUT2D eigenvalue weighted by atomic mass is 9.86. The summed E-state index contributed by atoms with van der Waals surface area (Å²) >= 11 is 0. The molecule has 4 nitrogen and oxygen atoms in total. The summed E-state index contributed by atoms with van der Waals surface area (Å²) in [4.78, 5) is 11.8. The third kappa shape index (κ3) is 6.06. The Hall–Kier alpha value is -1.71. The molecule has 0 aliphatic heterocycles. The number of nitrogens with one attached hydrogen (secondary N) is 1. The van der Waals surface area contributed by atoms with E-state index in [1.165, 1.54) is 32.1 Å². The van der Waals surface area contributed by atoms with E-state index >= 15 is 0 Å². The highest BCUT2D eigenvalue weighted by molar-refractivity contribution is 5.75. The van der Waals surface area contributed by atoms with Gasteiger partial charge in [-0.2, -0.15) is 0 Å². The molecule has 0 spiro atoms. The van der Waals surface area contributed by atoms with Crippen molar-refractivity contribution in [2.24, 2.45) is 5.92 Å². The van der Waals surface area contributed by atoms with Crippen LogP contribution < -0.4 is 15.8 Å². The number of hydrogen-bond donors (Lipinski definition) is 2. The van der Waals surface area contributed by atoms with Gasteiger partial charge in [-0.3, -0.25) is 4.79 Å². The molecule has 2 rings (SSSR count). The molecule has 4 heteroatoms. The van der Waals surface area contributed by atoms with Gasteiger partial charge in [-0.15, -0.1) is 0 Å². The van der Waals surface area contributed by atoms with Crippen molar-refractivity contribution in [1.29, 1.82) is 0 Å². The number of anilines is 1. The molecule has 1 saturated carbocycles. The van der Waals surface area contributed by atoms with Gasteiger partial charge in [0.2, 0.25) is 5.91 Å². The molecule has 0 atom stereocenters. The molecule has 1 aromatic rings. The van der Waals surface area contributed by atoms with Gasteiger partial charge in [0.05, 0.1) is 6.54 Å². The second-order valence-corrected chi connectivity index (χ2v) is 5.81. The first-order valence-electron chi connectivity index (χ1n) is 7.99. The second kappa shape index (κ2) is 8.55. The van der Waals surface area contributed by atoms with E-state index in [-0.39, 0.29) is 5.91 Å². The first kappa shape index (κ1) is 15.7. The van der Waals surface area contributed by atoms with Crippen LogP contribution in [0.2, 0.25) is 0 Å². The number of nitrogen functional groups attached to an aromatic ring is 1. The third-order valence-electron chi connectivity index (χ3n) is 4.08. The molecule has 0 bridgehead atoms. The lowest BCUT2D eigenvalue weighted by molar-refractivity contribution is -0.121. The quantitative estimate of drug-likeness (QED) is 0.599. The Balaban J connectivity index is 1.53. The van der Waals surface area contributed by atoms with Crippen LogP contribution >= 0.6 is 0 Å². The van der Waals surface area contributed by atoms with Gasteiger partial charge in [0, 0.05) is 12.1 Å². The van der Waals surface area contributed by atoms with Crippen LogP contribution in [0.25, 0.3) is 0 Å². The van der Waals surface area contributed by atoms with Crippen molar-refractivity contribution < 1.29 is 9.53 Å². The molecule has 3 N–H and O–H groups in total. The summed E-state index contributed by atoms with van der Waals surface area (Å²) in [7, 11) is 0. The van der Waals surface area contributed by atoms with Crippen LogP contribution in [-0.2, 0) is 4.79 Å². The number of carbonyl (C=O) groups is 1. The highest BCUT2D eigenvalue weighted by atomic mass is 16.5. The van der Waals surface area contributed by atoms with Crippen molar-refractivity contribution in [3.8, 4) is 5.75 Å². The predicted octanol–water partition coefficient (Wildman–Crippen LogP) is 3.12. The fourth-order valence-electron chi connectivity index (χ4n) is 2.82. The first-order valence-corrected chi connectivity index (χ1v) is 7.99. The van der Waals surface area contributed by atoms with E-state index in [0.29, 0.717) is 19.6 Å². The molecule has 1 aliphatic carbocycles. The van der Waals surface area contributed by atoms with Crippen molar-refractivity contribution in [3.63, 3.8) is 0 Å². The number of amides is 1. The van der Waals surface area contributed by atoms with Gasteiger partial charge in [-0.1, -0.05) is 32.1 Å². The average Bonchev–Trinajstić information content (AvgIpc) is 2.52. The number of carbonyl (C=O) groups excluding carboxylic acids is 1. The molecule has 1 aliphatic rings. The Bertz CT molecular complexity index is 425. The van der Waals surface area contributed by atoms with Crippen LogP contribution in [0.1, 0.15) is 44.9 Å². The van der Waals surface area contributed by atoms with E-state index in [9.17, 15) is 4.79 Å². The van der Waals surface area contributed by atoms with E-state index in [4.69, 9.17) is 10.5 Å². The van der Waals surface area contributed by atoms with E-state index in [1.807, 2.05) is 12.1 Å². The molecule has 0 radical (unpaired) electrons. The summed E-state index contributed by atoms with van der Waals surface area (Å²) in [6.07, 6.45) is 8.31. The largest absolute Gasteiger partial charge is 0.492 e. The van der Waals surface area contributed by atoms with E-state index in [0.717, 1.165) is 23.8 Å². The van der Waals surface area contributed by atoms with Gasteiger partial charge in [-0.25, -0.2) is 0 Å². The monoisotopic (exact) mass is 290 g/mol. The summed E-state index contributed by atoms with van der Waals surface area (Å²) in [5.41, 5.74) is 6.32. The average molecular weight is 290 g/mol. The Morgan fingerprint density at radius 1 is 1.19 bits per heavy atom. The lowest BCUT2D eigenvalue weighted by Gasteiger charge is -2.20. The van der Waals surface area contributed by atoms with Crippen LogP contribution in [0.4, 0.5) is 5.69 Å². The summed E-state index contributed by atoms with van der Waals surface area (Å²) < 4.78 is 5.54. The fraction of sp³-hybridized carbons (Fsp3) is 0.588. The lowest BCUT2D eigenvalue weighted by Crippen LogP contribution is -2.28. The Morgan fingerprint density at radius 3 is 2.62 bits per heavy atom. The van der Waals surface area contributed by atoms with Crippen molar-refractivity contribution in [3.05, 3.63) is 24.3 Å². The molecule has 1 aromatic carbocycles. The zero-order valence-corrected chi connectivity index (χ0v) is 12.6. The highest BCUT2D eigenvalue weighted by Gasteiger charge is 2.14. The van der Waals surface area contributed by atoms with Gasteiger partial charge in [-0.05, 0) is 36.6 Å². The van der Waals surface area contributed by atoms with Crippen LogP contribution in [0.15, 0.2) is 24.3 Å². The minimum Gasteiger partial charge on any atom is -0.492 e. The number of rotatable bonds is 7. The number of hydrogen-bond acceptors (Lipinski definition) is 3. The maximum atomic E-state index is 11.8. The third-order valence-corrected chi connectivity index (χ3v) is 4.08. The van der Waals surface area contributed by atoms with E-state index in [1.54, 1.807) is 12.1 Å². The minimum absolute atomic E-state index is 0.140. The molecule has 21 heavy (non-hydrogen) atoms. The zero-order valence-electron chi connectivity index (χ0n) is 12.6. The first-order chi connectivity index (χ1) is 10.2. The summed E-state index contributed by atoms with van der Waals surface area (Å²) in [5.74, 6) is 1.68. The van der Waals surface area contributed by atoms with Crippen molar-refractivity contribution in [2.75, 3.05) is 18.9 Å². The Morgan fingerprint density at radius 2 is 1.90 bits per heavy atom. The highest BCUT2D eigenvalue weighted by Crippen LogP contribution is 2.27. The van der Waals surface area contributed by atoms with Crippen LogP contribution in [0.5, 0.6) is 5.75 Å². The van der Waals surface area contributed by atoms with Gasteiger partial charge >= 0.3 is 0 Å². The molecule has 0 heterocycles. The molecular formula is C17H26N2O2. The van der Waals surface area contributed by atoms with Crippen LogP contribution in [0.3, 0.4) is 0 Å². The maximum Gasteiger partial charge on any atom is 0.220 e. The molecule has 0 unspecified atom stereocenters. The smallest absolute Gasteiger partial charge is 0.220 e. The van der Waals surface area contributed by atoms with Crippen molar-refractivity contribution in [1.82, 2.24) is 5.32 Å². The van der Waals surface area contributed by atoms with E-state index in [2.05, 4.69) is 5.32 Å². The Kier molecular flexibility index (Phi) is 6.38. The van der Waals surface area contributed by atoms with Gasteiger partial charge in [0.1, 0.15) is 12.4 Å². The SMILES string of the molecule is Nc1ccc(OCCNC(=O)CCC2CCCCC2)cc1. The standard InChI is InChI=1S/C17H26N2O2/c18-15-7-9-16(10-8-15)21-13-12-19-17(20)11-6-14-4-2-1-3-5-14/h7-10,14H,1-6,11-13,18H2,(H,19,20). The summed E-state index contributed by atoms with van der Waals surface area (Å²) in [5, 5.41) is 2.92. The molecule has 1 fully saturated rings. The van der Waals surface area contributed by atoms with Gasteiger partial charge < -0.3 is 15.8 Å². The maximum absolute atomic E-state index is 11.8. The van der Waals surface area contributed by atoms with Crippen molar-refractivity contribution in [2.45, 2.75) is 44.9 Å². The molecule has 116 valence electrons. The van der Waals surface area contributed by atoms with Gasteiger partial charge in [0.25, 0.3) is 0 Å². The normalized spacial score (nSPS) is 15.6. The number of nitrogens with two attached hydrogens (primary N) is 1. The van der Waals surface area contributed by atoms with Crippen LogP contribution in [0, 0.1) is 5.92 Å². The second-order valence-electron chi connectivity index (χ2n) is 5.81. The van der Waals surface area contributed by atoms with Crippen LogP contribution in [-0.4, -0.2) is 19.1 Å². The molecular weight excluding hydrogens is 264 g/mol. The molecule has 0 saturated heterocycles. The number of benzene rings is 1.